The Morgan fingerprint density at radius 3 is 2.38 bits per heavy atom. The molecule has 0 spiro atoms. The Balaban J connectivity index is 1.59. The lowest BCUT2D eigenvalue weighted by Crippen LogP contribution is -2.45. The van der Waals surface area contributed by atoms with Crippen molar-refractivity contribution in [1.82, 2.24) is 10.9 Å². The van der Waals surface area contributed by atoms with Gasteiger partial charge in [0, 0.05) is 23.7 Å². The van der Waals surface area contributed by atoms with Crippen LogP contribution in [0.15, 0.2) is 48.5 Å². The molecule has 1 saturated heterocycles. The molecular weight excluding hydrogens is 377 g/mol. The van der Waals surface area contributed by atoms with Gasteiger partial charge in [-0.25, -0.2) is 0 Å². The SMILES string of the molecule is O=C(NNC(=O)[C@@H]1CC(=O)N(c2ccc(Cl)cc2)C1)c1ccccc1Cl. The maximum absolute atomic E-state index is 12.3. The van der Waals surface area contributed by atoms with Gasteiger partial charge in [-0.15, -0.1) is 0 Å². The number of halogens is 2. The summed E-state index contributed by atoms with van der Waals surface area (Å²) >= 11 is 11.8. The molecule has 6 nitrogen and oxygen atoms in total. The molecule has 0 radical (unpaired) electrons. The zero-order valence-electron chi connectivity index (χ0n) is 13.5. The second kappa shape index (κ2) is 7.76. The second-order valence-electron chi connectivity index (χ2n) is 5.81. The van der Waals surface area contributed by atoms with E-state index in [1.54, 1.807) is 48.5 Å². The van der Waals surface area contributed by atoms with Crippen LogP contribution in [0.3, 0.4) is 0 Å². The maximum Gasteiger partial charge on any atom is 0.271 e. The molecule has 1 aliphatic rings. The third kappa shape index (κ3) is 3.98. The number of hydrogen-bond acceptors (Lipinski definition) is 3. The zero-order valence-corrected chi connectivity index (χ0v) is 15.1. The van der Waals surface area contributed by atoms with Crippen LogP contribution in [0.25, 0.3) is 0 Å². The van der Waals surface area contributed by atoms with Gasteiger partial charge in [-0.2, -0.15) is 0 Å². The molecule has 0 saturated carbocycles. The molecule has 134 valence electrons. The van der Waals surface area contributed by atoms with Crippen LogP contribution in [0.1, 0.15) is 16.8 Å². The van der Waals surface area contributed by atoms with Gasteiger partial charge in [0.15, 0.2) is 0 Å². The van der Waals surface area contributed by atoms with Crippen molar-refractivity contribution in [3.05, 3.63) is 64.1 Å². The van der Waals surface area contributed by atoms with Crippen LogP contribution >= 0.6 is 23.2 Å². The van der Waals surface area contributed by atoms with E-state index in [0.717, 1.165) is 0 Å². The number of carbonyl (C=O) groups excluding carboxylic acids is 3. The first kappa shape index (κ1) is 18.2. The molecule has 1 aliphatic heterocycles. The van der Waals surface area contributed by atoms with Gasteiger partial charge in [0.2, 0.25) is 11.8 Å². The molecule has 2 aromatic rings. The van der Waals surface area contributed by atoms with Crippen LogP contribution in [0, 0.1) is 5.92 Å². The van der Waals surface area contributed by atoms with Crippen LogP contribution in [-0.2, 0) is 9.59 Å². The lowest BCUT2D eigenvalue weighted by atomic mass is 10.1. The molecule has 0 aliphatic carbocycles. The Labute approximate surface area is 160 Å². The normalized spacial score (nSPS) is 16.5. The first-order chi connectivity index (χ1) is 12.5. The van der Waals surface area contributed by atoms with Gasteiger partial charge in [0.25, 0.3) is 5.91 Å². The van der Waals surface area contributed by atoms with E-state index in [9.17, 15) is 14.4 Å². The summed E-state index contributed by atoms with van der Waals surface area (Å²) in [5, 5.41) is 0.848. The Hall–Kier alpha value is -2.57. The van der Waals surface area contributed by atoms with Gasteiger partial charge >= 0.3 is 0 Å². The fraction of sp³-hybridized carbons (Fsp3) is 0.167. The van der Waals surface area contributed by atoms with E-state index in [2.05, 4.69) is 10.9 Å². The number of carbonyl (C=O) groups is 3. The fourth-order valence-electron chi connectivity index (χ4n) is 2.69. The first-order valence-electron chi connectivity index (χ1n) is 7.86. The van der Waals surface area contributed by atoms with Crippen LogP contribution in [0.2, 0.25) is 10.0 Å². The maximum atomic E-state index is 12.3. The molecule has 0 bridgehead atoms. The molecule has 1 fully saturated rings. The minimum absolute atomic E-state index is 0.0659. The van der Waals surface area contributed by atoms with Gasteiger partial charge in [-0.05, 0) is 36.4 Å². The molecule has 2 aromatic carbocycles. The average molecular weight is 392 g/mol. The summed E-state index contributed by atoms with van der Waals surface area (Å²) in [5.74, 6) is -1.69. The van der Waals surface area contributed by atoms with E-state index in [1.807, 2.05) is 0 Å². The van der Waals surface area contributed by atoms with Crippen molar-refractivity contribution in [2.75, 3.05) is 11.4 Å². The molecule has 8 heteroatoms. The number of hydrazine groups is 1. The number of benzene rings is 2. The summed E-state index contributed by atoms with van der Waals surface area (Å²) in [6.45, 7) is 0.230. The summed E-state index contributed by atoms with van der Waals surface area (Å²) in [6.07, 6.45) is 0.0659. The van der Waals surface area contributed by atoms with Crippen molar-refractivity contribution in [3.8, 4) is 0 Å². The van der Waals surface area contributed by atoms with E-state index in [4.69, 9.17) is 23.2 Å². The van der Waals surface area contributed by atoms with Crippen molar-refractivity contribution in [2.24, 2.45) is 5.92 Å². The highest BCUT2D eigenvalue weighted by molar-refractivity contribution is 6.33. The Morgan fingerprint density at radius 2 is 1.69 bits per heavy atom. The van der Waals surface area contributed by atoms with Crippen LogP contribution in [0.5, 0.6) is 0 Å². The van der Waals surface area contributed by atoms with E-state index < -0.39 is 17.7 Å². The molecule has 26 heavy (non-hydrogen) atoms. The largest absolute Gasteiger partial charge is 0.312 e. The summed E-state index contributed by atoms with van der Waals surface area (Å²) < 4.78 is 0. The van der Waals surface area contributed by atoms with Crippen molar-refractivity contribution in [2.45, 2.75) is 6.42 Å². The van der Waals surface area contributed by atoms with Crippen LogP contribution < -0.4 is 15.8 Å². The first-order valence-corrected chi connectivity index (χ1v) is 8.62. The average Bonchev–Trinajstić information content (AvgIpc) is 3.02. The highest BCUT2D eigenvalue weighted by Crippen LogP contribution is 2.26. The monoisotopic (exact) mass is 391 g/mol. The van der Waals surface area contributed by atoms with Gasteiger partial charge in [-0.3, -0.25) is 25.2 Å². The Bertz CT molecular complexity index is 855. The smallest absolute Gasteiger partial charge is 0.271 e. The number of nitrogens with zero attached hydrogens (tertiary/aromatic N) is 1. The summed E-state index contributed by atoms with van der Waals surface area (Å²) in [4.78, 5) is 38.1. The molecule has 3 rings (SSSR count). The predicted molar refractivity (Wildman–Crippen MR) is 99.0 cm³/mol. The predicted octanol–water partition coefficient (Wildman–Crippen LogP) is 2.81. The van der Waals surface area contributed by atoms with E-state index >= 15 is 0 Å². The zero-order chi connectivity index (χ0) is 18.7. The van der Waals surface area contributed by atoms with Gasteiger partial charge in [-0.1, -0.05) is 35.3 Å². The van der Waals surface area contributed by atoms with Gasteiger partial charge in [0.1, 0.15) is 0 Å². The van der Waals surface area contributed by atoms with Crippen LogP contribution in [0.4, 0.5) is 5.69 Å². The fourth-order valence-corrected chi connectivity index (χ4v) is 3.03. The minimum Gasteiger partial charge on any atom is -0.312 e. The third-order valence-electron chi connectivity index (χ3n) is 4.05. The van der Waals surface area contributed by atoms with E-state index in [1.165, 1.54) is 4.90 Å². The second-order valence-corrected chi connectivity index (χ2v) is 6.65. The molecule has 1 atom stereocenters. The summed E-state index contributed by atoms with van der Waals surface area (Å²) in [5.41, 5.74) is 5.60. The lowest BCUT2D eigenvalue weighted by Gasteiger charge is -2.17. The van der Waals surface area contributed by atoms with E-state index in [0.29, 0.717) is 10.7 Å². The van der Waals surface area contributed by atoms with Crippen LogP contribution in [-0.4, -0.2) is 24.3 Å². The third-order valence-corrected chi connectivity index (χ3v) is 4.63. The van der Waals surface area contributed by atoms with Crippen molar-refractivity contribution in [3.63, 3.8) is 0 Å². The standard InChI is InChI=1S/C18H15Cl2N3O3/c19-12-5-7-13(8-6-12)23-10-11(9-16(23)24)17(25)21-22-18(26)14-3-1-2-4-15(14)20/h1-8,11H,9-10H2,(H,21,25)(H,22,26)/t11-/m1/s1. The number of anilines is 1. The highest BCUT2D eigenvalue weighted by Gasteiger charge is 2.35. The summed E-state index contributed by atoms with van der Waals surface area (Å²) in [6, 6.07) is 13.3. The Morgan fingerprint density at radius 1 is 1.00 bits per heavy atom. The molecule has 3 amide bonds. The minimum atomic E-state index is -0.565. The highest BCUT2D eigenvalue weighted by atomic mass is 35.5. The van der Waals surface area contributed by atoms with Crippen molar-refractivity contribution in [1.29, 1.82) is 0 Å². The number of nitrogens with one attached hydrogen (secondary N) is 2. The van der Waals surface area contributed by atoms with Gasteiger partial charge < -0.3 is 4.90 Å². The van der Waals surface area contributed by atoms with Crippen molar-refractivity contribution >= 4 is 46.6 Å². The number of amides is 3. The quantitative estimate of drug-likeness (QED) is 0.789. The van der Waals surface area contributed by atoms with Crippen molar-refractivity contribution < 1.29 is 14.4 Å². The summed E-state index contributed by atoms with van der Waals surface area (Å²) in [7, 11) is 0. The number of hydrogen-bond donors (Lipinski definition) is 2. The topological polar surface area (TPSA) is 78.5 Å². The lowest BCUT2D eigenvalue weighted by molar-refractivity contribution is -0.126. The molecule has 0 unspecified atom stereocenters. The molecular formula is C18H15Cl2N3O3. The van der Waals surface area contributed by atoms with E-state index in [-0.39, 0.29) is 29.5 Å². The number of rotatable bonds is 3. The van der Waals surface area contributed by atoms with Gasteiger partial charge in [0.05, 0.1) is 16.5 Å². The molecule has 1 heterocycles. The molecule has 2 N–H and O–H groups in total. The molecule has 0 aromatic heterocycles. The Kier molecular flexibility index (Phi) is 5.44.